The second-order valence-corrected chi connectivity index (χ2v) is 7.66. The molecule has 0 amide bonds. The van der Waals surface area contributed by atoms with Gasteiger partial charge in [0.25, 0.3) is 16.1 Å². The first-order valence-corrected chi connectivity index (χ1v) is 9.43. The van der Waals surface area contributed by atoms with Gasteiger partial charge in [0.1, 0.15) is 24.1 Å². The number of halogens is 1. The standard InChI is InChI=1S/C15H17FN2O9S/c1-5-9(6(2)27-18-5)7-3-4-8(13(16)17-7)25-14-11(20)10(19)12(21)15(26-14)28(22,23)24/h3-4,10-12,14-15,19-21H,1-2H3,(H,22,23,24)/t10-,11-,12+,14-,15?/m1/s1. The first kappa shape index (κ1) is 20.6. The van der Waals surface area contributed by atoms with Crippen LogP contribution in [0.5, 0.6) is 5.75 Å². The van der Waals surface area contributed by atoms with Gasteiger partial charge in [-0.2, -0.15) is 12.8 Å². The number of aliphatic hydroxyl groups excluding tert-OH is 3. The minimum Gasteiger partial charge on any atom is -0.457 e. The van der Waals surface area contributed by atoms with Crippen LogP contribution in [0.2, 0.25) is 0 Å². The molecule has 0 aromatic carbocycles. The largest absolute Gasteiger partial charge is 0.457 e. The van der Waals surface area contributed by atoms with Crippen molar-refractivity contribution in [3.63, 3.8) is 0 Å². The molecule has 0 saturated carbocycles. The van der Waals surface area contributed by atoms with Crippen molar-refractivity contribution in [3.05, 3.63) is 29.5 Å². The summed E-state index contributed by atoms with van der Waals surface area (Å²) in [4.78, 5) is 3.72. The zero-order chi connectivity index (χ0) is 20.8. The van der Waals surface area contributed by atoms with Crippen molar-refractivity contribution in [2.45, 2.75) is 43.9 Å². The van der Waals surface area contributed by atoms with Crippen LogP contribution >= 0.6 is 0 Å². The van der Waals surface area contributed by atoms with Crippen LogP contribution in [-0.2, 0) is 14.9 Å². The van der Waals surface area contributed by atoms with Gasteiger partial charge in [-0.25, -0.2) is 4.98 Å². The van der Waals surface area contributed by atoms with Crippen LogP contribution < -0.4 is 4.74 Å². The van der Waals surface area contributed by atoms with E-state index in [0.29, 0.717) is 17.0 Å². The fraction of sp³-hybridized carbons (Fsp3) is 0.467. The van der Waals surface area contributed by atoms with Crippen LogP contribution in [0.1, 0.15) is 11.5 Å². The number of pyridine rings is 1. The Hall–Kier alpha value is -2.16. The third kappa shape index (κ3) is 3.72. The van der Waals surface area contributed by atoms with E-state index in [-0.39, 0.29) is 5.69 Å². The second-order valence-electron chi connectivity index (χ2n) is 6.16. The van der Waals surface area contributed by atoms with Gasteiger partial charge >= 0.3 is 0 Å². The van der Waals surface area contributed by atoms with E-state index < -0.39 is 51.9 Å². The van der Waals surface area contributed by atoms with Crippen molar-refractivity contribution in [2.24, 2.45) is 0 Å². The number of rotatable bonds is 4. The Morgan fingerprint density at radius 3 is 2.36 bits per heavy atom. The van der Waals surface area contributed by atoms with Gasteiger partial charge in [-0.05, 0) is 26.0 Å². The third-order valence-electron chi connectivity index (χ3n) is 4.17. The van der Waals surface area contributed by atoms with Gasteiger partial charge in [-0.3, -0.25) is 4.55 Å². The molecular formula is C15H17FN2O9S. The predicted molar refractivity (Wildman–Crippen MR) is 88.0 cm³/mol. The summed E-state index contributed by atoms with van der Waals surface area (Å²) in [6.45, 7) is 3.26. The molecule has 1 aliphatic rings. The van der Waals surface area contributed by atoms with Crippen molar-refractivity contribution in [1.82, 2.24) is 10.1 Å². The molecule has 0 aliphatic carbocycles. The highest BCUT2D eigenvalue weighted by Crippen LogP contribution is 2.30. The Labute approximate surface area is 158 Å². The van der Waals surface area contributed by atoms with Crippen LogP contribution in [0.4, 0.5) is 4.39 Å². The molecule has 1 aliphatic heterocycles. The summed E-state index contributed by atoms with van der Waals surface area (Å²) in [5.41, 5.74) is -1.15. The normalized spacial score (nSPS) is 28.3. The molecule has 154 valence electrons. The minimum absolute atomic E-state index is 0.192. The molecule has 0 radical (unpaired) electrons. The van der Waals surface area contributed by atoms with Crippen LogP contribution in [0, 0.1) is 19.8 Å². The van der Waals surface area contributed by atoms with E-state index in [1.54, 1.807) is 13.8 Å². The molecule has 0 bridgehead atoms. The summed E-state index contributed by atoms with van der Waals surface area (Å²) < 4.78 is 60.9. The van der Waals surface area contributed by atoms with E-state index in [9.17, 15) is 28.1 Å². The molecule has 5 atom stereocenters. The maximum absolute atomic E-state index is 14.4. The zero-order valence-corrected chi connectivity index (χ0v) is 15.4. The number of hydrogen-bond acceptors (Lipinski definition) is 10. The highest BCUT2D eigenvalue weighted by molar-refractivity contribution is 7.86. The first-order valence-electron chi connectivity index (χ1n) is 7.93. The van der Waals surface area contributed by atoms with E-state index in [2.05, 4.69) is 10.1 Å². The predicted octanol–water partition coefficient (Wildman–Crippen LogP) is -0.476. The molecular weight excluding hydrogens is 403 g/mol. The summed E-state index contributed by atoms with van der Waals surface area (Å²) >= 11 is 0. The molecule has 3 rings (SSSR count). The molecule has 3 heterocycles. The number of nitrogens with zero attached hydrogens (tertiary/aromatic N) is 2. The SMILES string of the molecule is Cc1noc(C)c1-c1ccc(O[C@@H]2OC(S(=O)(=O)O)[C@@H](O)[C@H](O)[C@H]2O)c(F)n1. The maximum Gasteiger partial charge on any atom is 0.295 e. The summed E-state index contributed by atoms with van der Waals surface area (Å²) in [5.74, 6) is -1.24. The third-order valence-corrected chi connectivity index (χ3v) is 5.14. The summed E-state index contributed by atoms with van der Waals surface area (Å²) in [5, 5.41) is 33.1. The second kappa shape index (κ2) is 7.35. The summed E-state index contributed by atoms with van der Waals surface area (Å²) in [7, 11) is -4.96. The molecule has 4 N–H and O–H groups in total. The quantitative estimate of drug-likeness (QED) is 0.372. The Morgan fingerprint density at radius 2 is 1.82 bits per heavy atom. The van der Waals surface area contributed by atoms with Gasteiger partial charge in [0.2, 0.25) is 11.7 Å². The molecule has 2 aromatic rings. The lowest BCUT2D eigenvalue weighted by Gasteiger charge is -2.38. The lowest BCUT2D eigenvalue weighted by molar-refractivity contribution is -0.254. The highest BCUT2D eigenvalue weighted by Gasteiger charge is 2.50. The Morgan fingerprint density at radius 1 is 1.14 bits per heavy atom. The molecule has 1 unspecified atom stereocenters. The monoisotopic (exact) mass is 420 g/mol. The van der Waals surface area contributed by atoms with Gasteiger partial charge in [0.05, 0.1) is 17.0 Å². The maximum atomic E-state index is 14.4. The molecule has 0 spiro atoms. The van der Waals surface area contributed by atoms with Crippen molar-refractivity contribution < 1.29 is 46.7 Å². The van der Waals surface area contributed by atoms with Crippen molar-refractivity contribution in [1.29, 1.82) is 0 Å². The Kier molecular flexibility index (Phi) is 5.40. The van der Waals surface area contributed by atoms with Gasteiger partial charge in [-0.15, -0.1) is 0 Å². The van der Waals surface area contributed by atoms with Gasteiger partial charge in [0.15, 0.2) is 5.75 Å². The number of aliphatic hydroxyl groups is 3. The number of ether oxygens (including phenoxy) is 2. The van der Waals surface area contributed by atoms with Gasteiger partial charge in [0, 0.05) is 0 Å². The van der Waals surface area contributed by atoms with Gasteiger partial charge < -0.3 is 29.3 Å². The van der Waals surface area contributed by atoms with E-state index in [4.69, 9.17) is 18.5 Å². The average molecular weight is 420 g/mol. The molecule has 11 nitrogen and oxygen atoms in total. The van der Waals surface area contributed by atoms with Crippen molar-refractivity contribution >= 4 is 10.1 Å². The van der Waals surface area contributed by atoms with Crippen molar-refractivity contribution in [3.8, 4) is 17.0 Å². The number of aryl methyl sites for hydroxylation is 2. The summed E-state index contributed by atoms with van der Waals surface area (Å²) in [6, 6.07) is 2.51. The molecule has 13 heteroatoms. The fourth-order valence-electron chi connectivity index (χ4n) is 2.78. The van der Waals surface area contributed by atoms with Crippen LogP contribution in [0.25, 0.3) is 11.3 Å². The lowest BCUT2D eigenvalue weighted by atomic mass is 10.1. The van der Waals surface area contributed by atoms with Crippen LogP contribution in [0.15, 0.2) is 16.7 Å². The van der Waals surface area contributed by atoms with Crippen LogP contribution in [-0.4, -0.2) is 68.5 Å². The first-order chi connectivity index (χ1) is 13.0. The fourth-order valence-corrected chi connectivity index (χ4v) is 3.55. The van der Waals surface area contributed by atoms with Gasteiger partial charge in [-0.1, -0.05) is 5.16 Å². The smallest absolute Gasteiger partial charge is 0.295 e. The van der Waals surface area contributed by atoms with E-state index in [1.807, 2.05) is 0 Å². The molecule has 28 heavy (non-hydrogen) atoms. The molecule has 2 aromatic heterocycles. The topological polar surface area (TPSA) is 172 Å². The van der Waals surface area contributed by atoms with Crippen molar-refractivity contribution in [2.75, 3.05) is 0 Å². The van der Waals surface area contributed by atoms with E-state index in [0.717, 1.165) is 6.07 Å². The average Bonchev–Trinajstić information content (AvgIpc) is 2.94. The number of aromatic nitrogens is 2. The van der Waals surface area contributed by atoms with E-state index >= 15 is 0 Å². The molecule has 1 saturated heterocycles. The summed E-state index contributed by atoms with van der Waals surface area (Å²) in [6.07, 6.45) is -8.03. The number of hydrogen-bond donors (Lipinski definition) is 4. The zero-order valence-electron chi connectivity index (χ0n) is 14.6. The van der Waals surface area contributed by atoms with E-state index in [1.165, 1.54) is 6.07 Å². The Bertz CT molecular complexity index is 960. The lowest BCUT2D eigenvalue weighted by Crippen LogP contribution is -2.61. The van der Waals surface area contributed by atoms with Crippen LogP contribution in [0.3, 0.4) is 0 Å². The minimum atomic E-state index is -4.96. The highest BCUT2D eigenvalue weighted by atomic mass is 32.2. The Balaban J connectivity index is 1.87. The molecule has 1 fully saturated rings.